The number of carboxylic acid groups (broad SMARTS) is 2. The summed E-state index contributed by atoms with van der Waals surface area (Å²) in [7, 11) is 3.86. The third-order valence-electron chi connectivity index (χ3n) is 17.1. The zero-order chi connectivity index (χ0) is 84.8. The number of methoxy groups -OCH3 is 3. The fraction of sp³-hybridized carbons (Fsp3) is 0.342. The molecule has 115 heavy (non-hydrogen) atoms. The maximum Gasteiger partial charge on any atom is 0.410 e. The molecule has 3 aliphatic heterocycles. The van der Waals surface area contributed by atoms with Crippen LogP contribution in [0.5, 0.6) is 34.5 Å². The summed E-state index contributed by atoms with van der Waals surface area (Å²) in [4.78, 5) is 124. The first-order valence-electron chi connectivity index (χ1n) is 35.7. The van der Waals surface area contributed by atoms with Crippen molar-refractivity contribution in [1.29, 1.82) is 0 Å². The lowest BCUT2D eigenvalue weighted by Crippen LogP contribution is -2.50. The van der Waals surface area contributed by atoms with E-state index in [1.165, 1.54) is 160 Å². The van der Waals surface area contributed by atoms with Crippen LogP contribution in [0.1, 0.15) is 155 Å². The fourth-order valence-corrected chi connectivity index (χ4v) is 11.3. The van der Waals surface area contributed by atoms with Crippen LogP contribution in [-0.2, 0) is 9.47 Å². The van der Waals surface area contributed by atoms with Crippen molar-refractivity contribution in [3.63, 3.8) is 0 Å². The third-order valence-corrected chi connectivity index (χ3v) is 17.1. The van der Waals surface area contributed by atoms with Gasteiger partial charge in [0.05, 0.1) is 81.8 Å². The van der Waals surface area contributed by atoms with E-state index in [0.29, 0.717) is 31.7 Å². The van der Waals surface area contributed by atoms with Crippen molar-refractivity contribution in [3.05, 3.63) is 213 Å². The number of ether oxygens (including phenoxy) is 7. The smallest absolute Gasteiger partial charge is 0.410 e. The second-order valence-corrected chi connectivity index (χ2v) is 27.7. The third kappa shape index (κ3) is 24.3. The number of aromatic carboxylic acids is 2. The van der Waals surface area contributed by atoms with Crippen molar-refractivity contribution in [2.24, 2.45) is 17.2 Å². The van der Waals surface area contributed by atoms with Gasteiger partial charge in [0.2, 0.25) is 0 Å². The standard InChI is InChI=1S/C26H32FN3O6.C23H22FN5O5.C17H15FO5.C9H19N3O2.C4H4N2O2/c1-6-35-19-11-12-20(34-5)22(27)21(19)23(31)15-7-9-16(10-8-15)24(32)29-18-14-30(13-17(18)28)25(33)36-26(2,3)4;1-34-18-7-6-17(30)19(20(18)24)21(31)12-2-4-13(5-3-12)22(32)28-15-10-25-11-16(15)29-23(33)14-8-26-27-9-14;1-3-23-12-8-9-13(22-2)15(18)14(12)16(19)10-4-6-11(7-5-10)17(20)21;1-9(2,3)14-8(13)12-4-6(10)7(11)5-12;7-4(8)3-1-5-6-2-3/h7-12,17-18H,6,13-14,28H2,1-5H3,(H,29,32);2-9,15-16,25,30H,10-11H2,1H3,(H,26,27)(H,28,32)(H,29,33);4-9H,3H2,1-2H3,(H,20,21);6-7H,4-5,10-11H2,1-3H3;1-2H,(H,5,6)(H,7,8)/t17-,18-;15-,16-;;6-,7-;/m11.1./s1. The molecule has 15 N–H and O–H groups in total. The largest absolute Gasteiger partial charge is 0.507 e. The van der Waals surface area contributed by atoms with Gasteiger partial charge in [0.1, 0.15) is 45.1 Å². The quantitative estimate of drug-likeness (QED) is 0.0314. The van der Waals surface area contributed by atoms with Crippen molar-refractivity contribution >= 4 is 59.2 Å². The summed E-state index contributed by atoms with van der Waals surface area (Å²) >= 11 is 0. The lowest BCUT2D eigenvalue weighted by Gasteiger charge is -2.24. The zero-order valence-electron chi connectivity index (χ0n) is 64.8. The van der Waals surface area contributed by atoms with Gasteiger partial charge in [0, 0.05) is 97.6 Å². The Kier molecular flexibility index (Phi) is 31.4. The number of nitrogens with zero attached hydrogens (tertiary/aromatic N) is 4. The molecular weight excluding hydrogens is 1510 g/mol. The van der Waals surface area contributed by atoms with E-state index >= 15 is 0 Å². The number of hydrogen-bond acceptors (Lipinski definition) is 24. The summed E-state index contributed by atoms with van der Waals surface area (Å²) in [6, 6.07) is 22.9. The molecule has 3 fully saturated rings. The molecule has 5 amide bonds. The molecule has 0 spiro atoms. The fourth-order valence-electron chi connectivity index (χ4n) is 11.3. The molecule has 6 atom stereocenters. The van der Waals surface area contributed by atoms with Crippen LogP contribution in [0, 0.1) is 17.5 Å². The number of halogens is 3. The van der Waals surface area contributed by atoms with Crippen LogP contribution in [0.15, 0.2) is 134 Å². The molecule has 33 nitrogen and oxygen atoms in total. The molecule has 8 aromatic rings. The van der Waals surface area contributed by atoms with Gasteiger partial charge in [-0.25, -0.2) is 32.3 Å². The Labute approximate surface area is 658 Å². The Balaban J connectivity index is 0.000000214. The number of carbonyl (C=O) groups is 10. The average Bonchev–Trinajstić information content (AvgIpc) is 1.69. The van der Waals surface area contributed by atoms with E-state index in [2.05, 4.69) is 41.7 Å². The van der Waals surface area contributed by atoms with E-state index < -0.39 is 99.2 Å². The van der Waals surface area contributed by atoms with Gasteiger partial charge in [0.15, 0.2) is 52.0 Å². The minimum absolute atomic E-state index is 0.0395. The van der Waals surface area contributed by atoms with Gasteiger partial charge in [0.25, 0.3) is 17.7 Å². The summed E-state index contributed by atoms with van der Waals surface area (Å²) < 4.78 is 80.0. The molecule has 614 valence electrons. The van der Waals surface area contributed by atoms with Crippen molar-refractivity contribution in [2.45, 2.75) is 103 Å². The van der Waals surface area contributed by atoms with Crippen LogP contribution in [-0.4, -0.2) is 226 Å². The molecule has 0 aliphatic carbocycles. The number of amides is 5. The van der Waals surface area contributed by atoms with Crippen molar-refractivity contribution in [2.75, 3.05) is 73.8 Å². The lowest BCUT2D eigenvalue weighted by atomic mass is 10.00. The van der Waals surface area contributed by atoms with Gasteiger partial charge in [-0.2, -0.15) is 10.2 Å². The van der Waals surface area contributed by atoms with Gasteiger partial charge in [-0.1, -0.05) is 36.4 Å². The van der Waals surface area contributed by atoms with E-state index in [9.17, 15) is 66.2 Å². The molecule has 3 aliphatic rings. The van der Waals surface area contributed by atoms with Crippen molar-refractivity contribution < 1.29 is 110 Å². The van der Waals surface area contributed by atoms with E-state index in [1.807, 2.05) is 20.8 Å². The molecule has 0 saturated carbocycles. The van der Waals surface area contributed by atoms with Crippen LogP contribution in [0.3, 0.4) is 0 Å². The molecule has 0 radical (unpaired) electrons. The van der Waals surface area contributed by atoms with E-state index in [0.717, 1.165) is 0 Å². The number of phenolic OH excluding ortho intramolecular Hbond substituents is 1. The molecule has 3 saturated heterocycles. The predicted octanol–water partition coefficient (Wildman–Crippen LogP) is 7.30. The molecular formula is C79H92F3N13O20. The second kappa shape index (κ2) is 40.5. The van der Waals surface area contributed by atoms with Crippen molar-refractivity contribution in [3.8, 4) is 34.5 Å². The summed E-state index contributed by atoms with van der Waals surface area (Å²) in [6.45, 7) is 17.2. The normalized spacial score (nSPS) is 16.6. The minimum atomic E-state index is -1.11. The highest BCUT2D eigenvalue weighted by Gasteiger charge is 2.38. The predicted molar refractivity (Wildman–Crippen MR) is 410 cm³/mol. The molecule has 0 bridgehead atoms. The maximum absolute atomic E-state index is 14.9. The first-order chi connectivity index (χ1) is 54.4. The highest BCUT2D eigenvalue weighted by atomic mass is 19.1. The van der Waals surface area contributed by atoms with Crippen LogP contribution >= 0.6 is 0 Å². The number of phenols is 1. The average molecular weight is 1600 g/mol. The minimum Gasteiger partial charge on any atom is -0.507 e. The number of benzene rings is 6. The Morgan fingerprint density at radius 2 is 0.765 bits per heavy atom. The number of H-pyrrole nitrogens is 2. The van der Waals surface area contributed by atoms with Crippen LogP contribution in [0.4, 0.5) is 22.8 Å². The Morgan fingerprint density at radius 1 is 0.443 bits per heavy atom. The first-order valence-corrected chi connectivity index (χ1v) is 35.7. The zero-order valence-corrected chi connectivity index (χ0v) is 64.8. The molecule has 36 heteroatoms. The Hall–Kier alpha value is -12.9. The number of aromatic amines is 2. The van der Waals surface area contributed by atoms with Gasteiger partial charge >= 0.3 is 24.1 Å². The highest BCUT2D eigenvalue weighted by Crippen LogP contribution is 2.34. The molecule has 2 aromatic heterocycles. The number of aromatic nitrogens is 4. The van der Waals surface area contributed by atoms with Crippen LogP contribution in [0.2, 0.25) is 0 Å². The summed E-state index contributed by atoms with van der Waals surface area (Å²) in [6.07, 6.45) is 4.64. The number of carbonyl (C=O) groups excluding carboxylic acids is 8. The van der Waals surface area contributed by atoms with Crippen LogP contribution < -0.4 is 62.2 Å². The molecule has 6 aromatic carbocycles. The van der Waals surface area contributed by atoms with Gasteiger partial charge in [-0.15, -0.1) is 0 Å². The number of nitrogens with one attached hydrogen (secondary N) is 6. The van der Waals surface area contributed by atoms with Gasteiger partial charge in [-0.05, 0) is 128 Å². The van der Waals surface area contributed by atoms with Gasteiger partial charge in [-0.3, -0.25) is 39.0 Å². The number of rotatable bonds is 21. The molecule has 5 heterocycles. The maximum atomic E-state index is 14.9. The lowest BCUT2D eigenvalue weighted by molar-refractivity contribution is 0.0279. The Morgan fingerprint density at radius 3 is 1.12 bits per heavy atom. The number of ketones is 3. The van der Waals surface area contributed by atoms with E-state index in [1.54, 1.807) is 39.5 Å². The van der Waals surface area contributed by atoms with Crippen molar-refractivity contribution in [1.82, 2.24) is 51.5 Å². The first kappa shape index (κ1) is 89.3. The number of nitrogens with two attached hydrogens (primary N) is 3. The second-order valence-electron chi connectivity index (χ2n) is 27.7. The monoisotopic (exact) mass is 1600 g/mol. The summed E-state index contributed by atoms with van der Waals surface area (Å²) in [5, 5.41) is 50.9. The number of likely N-dealkylation sites (tertiary alicyclic amines) is 2. The topological polar surface area (TPSA) is 486 Å². The summed E-state index contributed by atoms with van der Waals surface area (Å²) in [5.41, 5.74) is 17.0. The SMILES string of the molecule is CC(C)(C)OC(=O)N1C[C@@H](N)[C@H](N)C1.CCOc1ccc(OC)c(F)c1C(=O)c1ccc(C(=O)N[C@@H]2CN(C(=O)OC(C)(C)C)C[C@H]2N)cc1.CCOc1ccc(OC)c(F)c1C(=O)c1ccc(C(=O)O)cc1.COc1ccc(O)c(C(=O)c2ccc(C(=O)N[C@@H]3CNC[C@H]3NC(=O)c3cn[nH]c3)cc2)c1F.O=C(O)c1cn[nH]c1. The number of hydrogen-bond donors (Lipinski definition) is 12. The molecule has 11 rings (SSSR count). The van der Waals surface area contributed by atoms with E-state index in [4.69, 9.17) is 60.6 Å². The molecule has 0 unspecified atom stereocenters. The summed E-state index contributed by atoms with van der Waals surface area (Å²) in [5.74, 6) is -8.36. The Bertz CT molecular complexity index is 4730. The van der Waals surface area contributed by atoms with E-state index in [-0.39, 0.29) is 141 Å². The number of carboxylic acids is 2. The van der Waals surface area contributed by atoms with Crippen LogP contribution in [0.25, 0.3) is 0 Å². The highest BCUT2D eigenvalue weighted by molar-refractivity contribution is 6.13. The number of aromatic hydroxyl groups is 1. The van der Waals surface area contributed by atoms with Gasteiger partial charge < -0.3 is 96.7 Å².